The standard InChI is InChI=1S/C12H15FN2O3/c1-8(2)12(16)6-14(7-12)10-3-9(13)4-11(5-10)15(17)18/h3-5,8,16H,6-7H2,1-2H3. The van der Waals surface area contributed by atoms with Crippen molar-refractivity contribution in [3.05, 3.63) is 34.1 Å². The first kappa shape index (κ1) is 12.8. The molecular weight excluding hydrogens is 239 g/mol. The summed E-state index contributed by atoms with van der Waals surface area (Å²) in [6.45, 7) is 4.55. The molecule has 0 saturated carbocycles. The normalized spacial score (nSPS) is 17.7. The molecule has 0 bridgehead atoms. The molecule has 0 spiro atoms. The average Bonchev–Trinajstić information content (AvgIpc) is 2.23. The van der Waals surface area contributed by atoms with Crippen LogP contribution in [0.5, 0.6) is 0 Å². The predicted molar refractivity (Wildman–Crippen MR) is 65.1 cm³/mol. The number of aliphatic hydroxyl groups is 1. The van der Waals surface area contributed by atoms with Crippen molar-refractivity contribution in [3.8, 4) is 0 Å². The topological polar surface area (TPSA) is 66.6 Å². The van der Waals surface area contributed by atoms with E-state index in [1.807, 2.05) is 13.8 Å². The number of nitrogens with zero attached hydrogens (tertiary/aromatic N) is 2. The first-order chi connectivity index (χ1) is 8.32. The molecule has 1 fully saturated rings. The number of nitro groups is 1. The van der Waals surface area contributed by atoms with Crippen molar-refractivity contribution >= 4 is 11.4 Å². The zero-order valence-corrected chi connectivity index (χ0v) is 10.3. The fraction of sp³-hybridized carbons (Fsp3) is 0.500. The van der Waals surface area contributed by atoms with Crippen LogP contribution in [-0.4, -0.2) is 28.7 Å². The molecule has 1 saturated heterocycles. The number of rotatable bonds is 3. The van der Waals surface area contributed by atoms with Crippen molar-refractivity contribution in [2.75, 3.05) is 18.0 Å². The molecule has 18 heavy (non-hydrogen) atoms. The Balaban J connectivity index is 2.19. The second kappa shape index (κ2) is 4.20. The Bertz CT molecular complexity index is 484. The largest absolute Gasteiger partial charge is 0.386 e. The summed E-state index contributed by atoms with van der Waals surface area (Å²) < 4.78 is 13.3. The number of anilines is 1. The van der Waals surface area contributed by atoms with E-state index in [9.17, 15) is 19.6 Å². The van der Waals surface area contributed by atoms with Gasteiger partial charge in [0, 0.05) is 24.8 Å². The van der Waals surface area contributed by atoms with Gasteiger partial charge in [-0.3, -0.25) is 10.1 Å². The second-order valence-electron chi connectivity index (χ2n) is 5.04. The lowest BCUT2D eigenvalue weighted by Crippen LogP contribution is -2.64. The highest BCUT2D eigenvalue weighted by Gasteiger charge is 2.44. The second-order valence-corrected chi connectivity index (χ2v) is 5.04. The van der Waals surface area contributed by atoms with Crippen LogP contribution in [0.15, 0.2) is 18.2 Å². The lowest BCUT2D eigenvalue weighted by atomic mass is 9.82. The van der Waals surface area contributed by atoms with Gasteiger partial charge in [-0.05, 0) is 12.0 Å². The van der Waals surface area contributed by atoms with E-state index < -0.39 is 16.3 Å². The molecule has 1 aliphatic rings. The van der Waals surface area contributed by atoms with Crippen LogP contribution in [-0.2, 0) is 0 Å². The molecule has 1 aromatic carbocycles. The molecule has 0 radical (unpaired) electrons. The molecule has 2 rings (SSSR count). The highest BCUT2D eigenvalue weighted by atomic mass is 19.1. The maximum atomic E-state index is 13.3. The Kier molecular flexibility index (Phi) is 2.98. The number of non-ortho nitro benzene ring substituents is 1. The van der Waals surface area contributed by atoms with Gasteiger partial charge in [-0.25, -0.2) is 4.39 Å². The summed E-state index contributed by atoms with van der Waals surface area (Å²) in [6, 6.07) is 3.45. The number of halogens is 1. The third-order valence-electron chi connectivity index (χ3n) is 3.45. The first-order valence-corrected chi connectivity index (χ1v) is 5.74. The van der Waals surface area contributed by atoms with Gasteiger partial charge in [0.25, 0.3) is 5.69 Å². The minimum atomic E-state index is -0.791. The first-order valence-electron chi connectivity index (χ1n) is 5.74. The average molecular weight is 254 g/mol. The van der Waals surface area contributed by atoms with Gasteiger partial charge < -0.3 is 10.0 Å². The SMILES string of the molecule is CC(C)C1(O)CN(c2cc(F)cc([N+](=O)[O-])c2)C1. The van der Waals surface area contributed by atoms with Crippen molar-refractivity contribution in [2.24, 2.45) is 5.92 Å². The Labute approximate surface area is 104 Å². The lowest BCUT2D eigenvalue weighted by Gasteiger charge is -2.50. The summed E-state index contributed by atoms with van der Waals surface area (Å²) in [5, 5.41) is 20.7. The zero-order chi connectivity index (χ0) is 13.5. The van der Waals surface area contributed by atoms with Gasteiger partial charge in [-0.2, -0.15) is 0 Å². The van der Waals surface area contributed by atoms with Gasteiger partial charge in [0.15, 0.2) is 0 Å². The maximum Gasteiger partial charge on any atom is 0.274 e. The number of hydrogen-bond acceptors (Lipinski definition) is 4. The third kappa shape index (κ3) is 2.15. The van der Waals surface area contributed by atoms with Crippen molar-refractivity contribution in [1.29, 1.82) is 0 Å². The monoisotopic (exact) mass is 254 g/mol. The Morgan fingerprint density at radius 1 is 1.44 bits per heavy atom. The van der Waals surface area contributed by atoms with Crippen LogP contribution in [0.25, 0.3) is 0 Å². The molecule has 5 nitrogen and oxygen atoms in total. The Hall–Kier alpha value is -1.69. The number of hydrogen-bond donors (Lipinski definition) is 1. The Morgan fingerprint density at radius 2 is 2.06 bits per heavy atom. The minimum absolute atomic E-state index is 0.0947. The smallest absolute Gasteiger partial charge is 0.274 e. The van der Waals surface area contributed by atoms with Crippen LogP contribution in [0.2, 0.25) is 0 Å². The minimum Gasteiger partial charge on any atom is -0.386 e. The van der Waals surface area contributed by atoms with Gasteiger partial charge in [0.05, 0.1) is 11.0 Å². The van der Waals surface area contributed by atoms with Crippen molar-refractivity contribution in [3.63, 3.8) is 0 Å². The van der Waals surface area contributed by atoms with Crippen molar-refractivity contribution < 1.29 is 14.4 Å². The number of nitro benzene ring substituents is 1. The molecule has 1 heterocycles. The molecule has 98 valence electrons. The summed E-state index contributed by atoms with van der Waals surface area (Å²) in [5.74, 6) is -0.545. The van der Waals surface area contributed by atoms with Crippen molar-refractivity contribution in [2.45, 2.75) is 19.4 Å². The van der Waals surface area contributed by atoms with E-state index in [1.165, 1.54) is 12.1 Å². The van der Waals surface area contributed by atoms with Crippen LogP contribution in [0.4, 0.5) is 15.8 Å². The van der Waals surface area contributed by atoms with Gasteiger partial charge in [-0.15, -0.1) is 0 Å². The van der Waals surface area contributed by atoms with Crippen LogP contribution in [0.1, 0.15) is 13.8 Å². The summed E-state index contributed by atoms with van der Waals surface area (Å²) in [5.41, 5.74) is -0.627. The van der Waals surface area contributed by atoms with E-state index in [0.717, 1.165) is 6.07 Å². The molecule has 1 aromatic rings. The molecule has 0 aliphatic carbocycles. The summed E-state index contributed by atoms with van der Waals surface area (Å²) in [7, 11) is 0. The zero-order valence-electron chi connectivity index (χ0n) is 10.3. The Morgan fingerprint density at radius 3 is 2.56 bits per heavy atom. The highest BCUT2D eigenvalue weighted by Crippen LogP contribution is 2.34. The van der Waals surface area contributed by atoms with Gasteiger partial charge >= 0.3 is 0 Å². The van der Waals surface area contributed by atoms with E-state index in [0.29, 0.717) is 18.8 Å². The van der Waals surface area contributed by atoms with Crippen LogP contribution >= 0.6 is 0 Å². The van der Waals surface area contributed by atoms with E-state index >= 15 is 0 Å². The molecule has 1 aliphatic heterocycles. The van der Waals surface area contributed by atoms with Crippen molar-refractivity contribution in [1.82, 2.24) is 0 Å². The fourth-order valence-electron chi connectivity index (χ4n) is 2.01. The molecule has 0 amide bonds. The summed E-state index contributed by atoms with van der Waals surface area (Å²) in [6.07, 6.45) is 0. The highest BCUT2D eigenvalue weighted by molar-refractivity contribution is 5.56. The van der Waals surface area contributed by atoms with E-state index in [2.05, 4.69) is 0 Å². The quantitative estimate of drug-likeness (QED) is 0.661. The molecule has 0 atom stereocenters. The molecule has 0 aromatic heterocycles. The van der Waals surface area contributed by atoms with Crippen LogP contribution < -0.4 is 4.90 Å². The fourth-order valence-corrected chi connectivity index (χ4v) is 2.01. The van der Waals surface area contributed by atoms with Gasteiger partial charge in [-0.1, -0.05) is 13.8 Å². The van der Waals surface area contributed by atoms with E-state index in [1.54, 1.807) is 4.90 Å². The van der Waals surface area contributed by atoms with Crippen LogP contribution in [0.3, 0.4) is 0 Å². The third-order valence-corrected chi connectivity index (χ3v) is 3.45. The molecular formula is C12H15FN2O3. The molecule has 0 unspecified atom stereocenters. The van der Waals surface area contributed by atoms with E-state index in [4.69, 9.17) is 0 Å². The van der Waals surface area contributed by atoms with E-state index in [-0.39, 0.29) is 11.6 Å². The number of benzene rings is 1. The van der Waals surface area contributed by atoms with Gasteiger partial charge in [0.1, 0.15) is 11.4 Å². The van der Waals surface area contributed by atoms with Crippen LogP contribution in [0, 0.1) is 21.8 Å². The summed E-state index contributed by atoms with van der Waals surface area (Å²) in [4.78, 5) is 11.7. The maximum absolute atomic E-state index is 13.3. The molecule has 1 N–H and O–H groups in total. The molecule has 6 heteroatoms. The summed E-state index contributed by atoms with van der Waals surface area (Å²) >= 11 is 0. The van der Waals surface area contributed by atoms with Gasteiger partial charge in [0.2, 0.25) is 0 Å². The predicted octanol–water partition coefficient (Wildman–Crippen LogP) is 1.94. The lowest BCUT2D eigenvalue weighted by molar-refractivity contribution is -0.385. The number of β-amino-alcohol motifs (C(OH)–C–C–N with tert-alkyl or cyclic N) is 1.